The highest BCUT2D eigenvalue weighted by Gasteiger charge is 2.57. The first-order valence-corrected chi connectivity index (χ1v) is 13.5. The first-order valence-electron chi connectivity index (χ1n) is 12.3. The van der Waals surface area contributed by atoms with Crippen LogP contribution in [0.5, 0.6) is 0 Å². The SMILES string of the molecule is CCCC1(C(CC)OC)C(=O)C(OSC)C2=C(C)CCC(C2)CC1C(CC)C(C)OC. The van der Waals surface area contributed by atoms with E-state index in [0.29, 0.717) is 11.8 Å². The van der Waals surface area contributed by atoms with E-state index in [1.165, 1.54) is 29.6 Å². The third-order valence-electron chi connectivity index (χ3n) is 8.30. The predicted molar refractivity (Wildman–Crippen MR) is 130 cm³/mol. The predicted octanol–water partition coefficient (Wildman–Crippen LogP) is 6.63. The molecule has 4 nitrogen and oxygen atoms in total. The topological polar surface area (TPSA) is 44.8 Å². The fourth-order valence-corrected chi connectivity index (χ4v) is 7.15. The van der Waals surface area contributed by atoms with Gasteiger partial charge in [-0.1, -0.05) is 39.2 Å². The third-order valence-corrected chi connectivity index (χ3v) is 8.68. The first-order chi connectivity index (χ1) is 14.9. The number of ether oxygens (including phenoxy) is 2. The van der Waals surface area contributed by atoms with Crippen LogP contribution in [-0.4, -0.2) is 44.6 Å². The van der Waals surface area contributed by atoms with Gasteiger partial charge in [-0.3, -0.25) is 4.79 Å². The van der Waals surface area contributed by atoms with Gasteiger partial charge in [0, 0.05) is 20.5 Å². The number of allylic oxidation sites excluding steroid dienone is 1. The molecule has 0 aromatic carbocycles. The first kappa shape index (κ1) is 26.9. The van der Waals surface area contributed by atoms with E-state index in [-0.39, 0.29) is 23.9 Å². The molecule has 2 bridgehead atoms. The zero-order valence-electron chi connectivity index (χ0n) is 21.2. The number of methoxy groups -OCH3 is 2. The quantitative estimate of drug-likeness (QED) is 0.259. The zero-order valence-corrected chi connectivity index (χ0v) is 22.0. The van der Waals surface area contributed by atoms with Crippen molar-refractivity contribution < 1.29 is 18.5 Å². The van der Waals surface area contributed by atoms with Crippen LogP contribution in [0.15, 0.2) is 11.1 Å². The summed E-state index contributed by atoms with van der Waals surface area (Å²) < 4.78 is 18.2. The smallest absolute Gasteiger partial charge is 0.176 e. The molecule has 31 heavy (non-hydrogen) atoms. The van der Waals surface area contributed by atoms with Gasteiger partial charge in [-0.05, 0) is 87.7 Å². The lowest BCUT2D eigenvalue weighted by Crippen LogP contribution is -2.58. The molecule has 0 heterocycles. The number of hydrogen-bond acceptors (Lipinski definition) is 5. The van der Waals surface area contributed by atoms with Gasteiger partial charge < -0.3 is 13.7 Å². The fraction of sp³-hybridized carbons (Fsp3) is 0.885. The average Bonchev–Trinajstić information content (AvgIpc) is 2.77. The summed E-state index contributed by atoms with van der Waals surface area (Å²) in [7, 11) is 3.59. The molecule has 0 aromatic rings. The standard InChI is InChI=1S/C26H46O4S/c1-9-14-26(23(11-3)29-7)22(20(10-2)18(5)28-6)16-19-13-12-17(4)21(15-19)24(25(26)27)30-31-8/h18-20,22-24H,9-16H2,1-8H3. The van der Waals surface area contributed by atoms with Crippen LogP contribution in [0, 0.1) is 23.2 Å². The summed E-state index contributed by atoms with van der Waals surface area (Å²) in [6.07, 6.45) is 9.41. The fourth-order valence-electron chi connectivity index (χ4n) is 6.75. The Kier molecular flexibility index (Phi) is 10.6. The third kappa shape index (κ3) is 5.26. The van der Waals surface area contributed by atoms with Crippen LogP contribution in [0.4, 0.5) is 0 Å². The van der Waals surface area contributed by atoms with Crippen molar-refractivity contribution in [2.75, 3.05) is 20.5 Å². The maximum absolute atomic E-state index is 14.7. The molecular formula is C26H46O4S. The molecule has 180 valence electrons. The van der Waals surface area contributed by atoms with Crippen molar-refractivity contribution in [1.29, 1.82) is 0 Å². The van der Waals surface area contributed by atoms with Gasteiger partial charge in [0.25, 0.3) is 0 Å². The second-order valence-electron chi connectivity index (χ2n) is 9.70. The van der Waals surface area contributed by atoms with Gasteiger partial charge in [-0.2, -0.15) is 0 Å². The Balaban J connectivity index is 2.78. The van der Waals surface area contributed by atoms with Crippen LogP contribution in [0.1, 0.15) is 86.0 Å². The van der Waals surface area contributed by atoms with Crippen LogP contribution in [-0.2, 0) is 18.5 Å². The Bertz CT molecular complexity index is 615. The summed E-state index contributed by atoms with van der Waals surface area (Å²) in [6.45, 7) is 11.0. The lowest BCUT2D eigenvalue weighted by molar-refractivity contribution is -0.161. The molecule has 5 heteroatoms. The number of Topliss-reactive ketones (excluding diaryl/α,β-unsaturated/α-hetero) is 1. The van der Waals surface area contributed by atoms with Gasteiger partial charge in [0.1, 0.15) is 0 Å². The number of fused-ring (bicyclic) bond motifs is 2. The minimum atomic E-state index is -0.562. The van der Waals surface area contributed by atoms with Crippen molar-refractivity contribution >= 4 is 17.8 Å². The van der Waals surface area contributed by atoms with Gasteiger partial charge in [-0.15, -0.1) is 0 Å². The van der Waals surface area contributed by atoms with Crippen LogP contribution >= 0.6 is 12.0 Å². The Morgan fingerprint density at radius 3 is 2.39 bits per heavy atom. The summed E-state index contributed by atoms with van der Waals surface area (Å²) in [6, 6.07) is 0. The van der Waals surface area contributed by atoms with E-state index < -0.39 is 11.5 Å². The number of hydrogen-bond donors (Lipinski definition) is 0. The molecule has 0 N–H and O–H groups in total. The van der Waals surface area contributed by atoms with E-state index >= 15 is 0 Å². The highest BCUT2D eigenvalue weighted by atomic mass is 32.2. The second-order valence-corrected chi connectivity index (χ2v) is 10.2. The lowest BCUT2D eigenvalue weighted by Gasteiger charge is -2.52. The molecule has 0 radical (unpaired) electrons. The maximum Gasteiger partial charge on any atom is 0.176 e. The van der Waals surface area contributed by atoms with E-state index in [0.717, 1.165) is 44.9 Å². The molecule has 7 atom stereocenters. The molecule has 0 saturated heterocycles. The molecule has 2 rings (SSSR count). The van der Waals surface area contributed by atoms with Gasteiger partial charge in [0.15, 0.2) is 11.9 Å². The summed E-state index contributed by atoms with van der Waals surface area (Å²) in [5.74, 6) is 1.38. The molecule has 0 aromatic heterocycles. The van der Waals surface area contributed by atoms with Crippen LogP contribution in [0.25, 0.3) is 0 Å². The van der Waals surface area contributed by atoms with Crippen molar-refractivity contribution in [1.82, 2.24) is 0 Å². The molecule has 2 aliphatic carbocycles. The number of carbonyl (C=O) groups is 1. The molecule has 1 fully saturated rings. The zero-order chi connectivity index (χ0) is 23.2. The van der Waals surface area contributed by atoms with Crippen LogP contribution < -0.4 is 0 Å². The summed E-state index contributed by atoms with van der Waals surface area (Å²) >= 11 is 1.33. The van der Waals surface area contributed by atoms with Crippen LogP contribution in [0.3, 0.4) is 0 Å². The molecule has 1 saturated carbocycles. The molecule has 0 spiro atoms. The van der Waals surface area contributed by atoms with E-state index in [1.54, 1.807) is 14.2 Å². The van der Waals surface area contributed by atoms with Crippen molar-refractivity contribution in [2.24, 2.45) is 23.2 Å². The van der Waals surface area contributed by atoms with Gasteiger partial charge in [0.2, 0.25) is 0 Å². The van der Waals surface area contributed by atoms with E-state index in [1.807, 2.05) is 6.26 Å². The average molecular weight is 455 g/mol. The van der Waals surface area contributed by atoms with E-state index in [2.05, 4.69) is 34.6 Å². The number of rotatable bonds is 11. The molecule has 0 amide bonds. The Morgan fingerprint density at radius 1 is 1.16 bits per heavy atom. The van der Waals surface area contributed by atoms with Gasteiger partial charge in [0.05, 0.1) is 17.6 Å². The molecule has 0 aliphatic heterocycles. The summed E-state index contributed by atoms with van der Waals surface area (Å²) in [5, 5.41) is 0. The van der Waals surface area contributed by atoms with Gasteiger partial charge in [-0.25, -0.2) is 0 Å². The minimum absolute atomic E-state index is 0.105. The lowest BCUT2D eigenvalue weighted by atomic mass is 9.54. The Labute approximate surface area is 195 Å². The van der Waals surface area contributed by atoms with Crippen molar-refractivity contribution in [3.05, 3.63) is 11.1 Å². The number of ketones is 1. The summed E-state index contributed by atoms with van der Waals surface area (Å²) in [4.78, 5) is 14.7. The van der Waals surface area contributed by atoms with E-state index in [4.69, 9.17) is 13.7 Å². The molecule has 2 aliphatic rings. The largest absolute Gasteiger partial charge is 0.381 e. The molecule has 7 unspecified atom stereocenters. The maximum atomic E-state index is 14.7. The monoisotopic (exact) mass is 454 g/mol. The van der Waals surface area contributed by atoms with E-state index in [9.17, 15) is 4.79 Å². The second kappa shape index (κ2) is 12.2. The van der Waals surface area contributed by atoms with Crippen molar-refractivity contribution in [2.45, 2.75) is 104 Å². The Hall–Kier alpha value is -0.360. The van der Waals surface area contributed by atoms with Gasteiger partial charge >= 0.3 is 0 Å². The number of carbonyl (C=O) groups excluding carboxylic acids is 1. The highest BCUT2D eigenvalue weighted by Crippen LogP contribution is 2.54. The van der Waals surface area contributed by atoms with Crippen LogP contribution in [0.2, 0.25) is 0 Å². The summed E-state index contributed by atoms with van der Waals surface area (Å²) in [5.41, 5.74) is 2.04. The highest BCUT2D eigenvalue weighted by molar-refractivity contribution is 7.93. The van der Waals surface area contributed by atoms with Crippen molar-refractivity contribution in [3.63, 3.8) is 0 Å². The normalized spacial score (nSPS) is 32.4. The Morgan fingerprint density at radius 2 is 1.87 bits per heavy atom. The minimum Gasteiger partial charge on any atom is -0.381 e. The van der Waals surface area contributed by atoms with Crippen molar-refractivity contribution in [3.8, 4) is 0 Å². The molecular weight excluding hydrogens is 408 g/mol.